The number of hydrogen-bond donors (Lipinski definition) is 0. The lowest BCUT2D eigenvalue weighted by molar-refractivity contribution is -0.138. The summed E-state index contributed by atoms with van der Waals surface area (Å²) < 4.78 is 15.2. The number of amides is 2. The van der Waals surface area contributed by atoms with Crippen molar-refractivity contribution in [2.75, 3.05) is 13.1 Å². The lowest BCUT2D eigenvalue weighted by Gasteiger charge is -2.34. The molecule has 4 nitrogen and oxygen atoms in total. The van der Waals surface area contributed by atoms with Crippen molar-refractivity contribution in [1.82, 2.24) is 9.80 Å². The van der Waals surface area contributed by atoms with Gasteiger partial charge in [0.1, 0.15) is 5.82 Å². The van der Waals surface area contributed by atoms with E-state index in [0.717, 1.165) is 17.3 Å². The van der Waals surface area contributed by atoms with Crippen LogP contribution in [-0.4, -0.2) is 40.7 Å². The zero-order valence-electron chi connectivity index (χ0n) is 16.5. The molecule has 0 N–H and O–H groups in total. The Balaban J connectivity index is 1.40. The van der Waals surface area contributed by atoms with Gasteiger partial charge in [-0.05, 0) is 62.1 Å². The highest BCUT2D eigenvalue weighted by Crippen LogP contribution is 2.33. The van der Waals surface area contributed by atoms with Crippen LogP contribution in [0.25, 0.3) is 0 Å². The fraction of sp³-hybridized carbons (Fsp3) is 0.391. The Hall–Kier alpha value is -1.92. The second-order valence-corrected chi connectivity index (χ2v) is 9.29. The summed E-state index contributed by atoms with van der Waals surface area (Å²) in [5, 5.41) is 0.350. The van der Waals surface area contributed by atoms with E-state index in [1.165, 1.54) is 6.07 Å². The predicted octanol–water partition coefficient (Wildman–Crippen LogP) is 5.29. The molecule has 2 aromatic rings. The van der Waals surface area contributed by atoms with E-state index in [2.05, 4.69) is 15.9 Å². The van der Waals surface area contributed by atoms with Crippen LogP contribution in [-0.2, 0) is 11.3 Å². The van der Waals surface area contributed by atoms with E-state index in [1.807, 2.05) is 17.0 Å². The molecular formula is C23H23BrClFN2O2. The van der Waals surface area contributed by atoms with Crippen molar-refractivity contribution < 1.29 is 14.0 Å². The molecule has 7 heteroatoms. The minimum Gasteiger partial charge on any atom is -0.339 e. The maximum atomic E-state index is 14.3. The molecule has 4 rings (SSSR count). The Kier molecular flexibility index (Phi) is 6.44. The number of benzene rings is 2. The van der Waals surface area contributed by atoms with Crippen molar-refractivity contribution in [3.05, 3.63) is 68.9 Å². The van der Waals surface area contributed by atoms with Gasteiger partial charge in [-0.25, -0.2) is 4.39 Å². The molecule has 0 spiro atoms. The van der Waals surface area contributed by atoms with Crippen LogP contribution >= 0.6 is 27.5 Å². The van der Waals surface area contributed by atoms with Gasteiger partial charge in [-0.2, -0.15) is 0 Å². The van der Waals surface area contributed by atoms with Gasteiger partial charge in [-0.15, -0.1) is 0 Å². The smallest absolute Gasteiger partial charge is 0.253 e. The van der Waals surface area contributed by atoms with E-state index in [0.29, 0.717) is 42.1 Å². The van der Waals surface area contributed by atoms with Crippen molar-refractivity contribution in [2.45, 2.75) is 38.3 Å². The van der Waals surface area contributed by atoms with Gasteiger partial charge in [0.15, 0.2) is 0 Å². The first kappa shape index (κ1) is 21.3. The lowest BCUT2D eigenvalue weighted by atomic mass is 9.94. The second kappa shape index (κ2) is 9.06. The van der Waals surface area contributed by atoms with Crippen LogP contribution in [0.2, 0.25) is 5.02 Å². The lowest BCUT2D eigenvalue weighted by Crippen LogP contribution is -2.45. The number of carbonyl (C=O) groups is 2. The Bertz CT molecular complexity index is 920. The largest absolute Gasteiger partial charge is 0.339 e. The molecule has 0 radical (unpaired) electrons. The quantitative estimate of drug-likeness (QED) is 0.568. The minimum absolute atomic E-state index is 0.00872. The summed E-state index contributed by atoms with van der Waals surface area (Å²) in [6.07, 6.45) is 3.13. The minimum atomic E-state index is -0.379. The second-order valence-electron chi connectivity index (χ2n) is 7.97. The summed E-state index contributed by atoms with van der Waals surface area (Å²) in [5.74, 6) is -0.487. The maximum absolute atomic E-state index is 14.3. The van der Waals surface area contributed by atoms with Gasteiger partial charge >= 0.3 is 0 Å². The third kappa shape index (κ3) is 4.70. The molecule has 1 aliphatic heterocycles. The predicted molar refractivity (Wildman–Crippen MR) is 118 cm³/mol. The molecule has 2 aliphatic rings. The third-order valence-electron chi connectivity index (χ3n) is 5.88. The Morgan fingerprint density at radius 1 is 1.07 bits per heavy atom. The molecule has 0 bridgehead atoms. The summed E-state index contributed by atoms with van der Waals surface area (Å²) in [7, 11) is 0. The van der Waals surface area contributed by atoms with Crippen molar-refractivity contribution in [3.8, 4) is 0 Å². The standard InChI is InChI=1S/C23H23BrClFN2O2/c24-17-6-4-15(5-7-17)22(29)27-12-10-16(11-13-27)23(30)28(18-8-9-18)14-19-20(25)2-1-3-21(19)26/h1-7,16,18H,8-14H2. The van der Waals surface area contributed by atoms with Gasteiger partial charge in [0.05, 0.1) is 6.54 Å². The van der Waals surface area contributed by atoms with Gasteiger partial charge in [-0.3, -0.25) is 9.59 Å². The molecule has 0 unspecified atom stereocenters. The molecule has 1 aliphatic carbocycles. The molecule has 0 atom stereocenters. The van der Waals surface area contributed by atoms with Crippen LogP contribution in [0.5, 0.6) is 0 Å². The number of likely N-dealkylation sites (tertiary alicyclic amines) is 1. The summed E-state index contributed by atoms with van der Waals surface area (Å²) in [5.41, 5.74) is 1.03. The Morgan fingerprint density at radius 3 is 2.33 bits per heavy atom. The molecule has 2 aromatic carbocycles. The van der Waals surface area contributed by atoms with E-state index in [1.54, 1.807) is 29.2 Å². The average molecular weight is 494 g/mol. The fourth-order valence-electron chi connectivity index (χ4n) is 3.97. The molecule has 2 amide bonds. The number of rotatable bonds is 5. The molecule has 1 saturated carbocycles. The van der Waals surface area contributed by atoms with Crippen LogP contribution < -0.4 is 0 Å². The van der Waals surface area contributed by atoms with E-state index >= 15 is 0 Å². The monoisotopic (exact) mass is 492 g/mol. The van der Waals surface area contributed by atoms with E-state index < -0.39 is 0 Å². The van der Waals surface area contributed by atoms with E-state index in [4.69, 9.17) is 11.6 Å². The highest BCUT2D eigenvalue weighted by atomic mass is 79.9. The van der Waals surface area contributed by atoms with Crippen LogP contribution in [0.4, 0.5) is 4.39 Å². The number of halogens is 3. The number of nitrogens with zero attached hydrogens (tertiary/aromatic N) is 2. The fourth-order valence-corrected chi connectivity index (χ4v) is 4.45. The summed E-state index contributed by atoms with van der Waals surface area (Å²) >= 11 is 9.56. The molecule has 1 heterocycles. The molecule has 1 saturated heterocycles. The van der Waals surface area contributed by atoms with E-state index in [-0.39, 0.29) is 36.1 Å². The molecule has 30 heavy (non-hydrogen) atoms. The van der Waals surface area contributed by atoms with Crippen molar-refractivity contribution >= 4 is 39.3 Å². The summed E-state index contributed by atoms with van der Waals surface area (Å²) in [6.45, 7) is 1.29. The number of piperidine rings is 1. The SMILES string of the molecule is O=C(c1ccc(Br)cc1)N1CCC(C(=O)N(Cc2c(F)cccc2Cl)C2CC2)CC1. The normalized spacial score (nSPS) is 17.1. The average Bonchev–Trinajstić information content (AvgIpc) is 3.58. The first-order chi connectivity index (χ1) is 14.4. The number of hydrogen-bond acceptors (Lipinski definition) is 2. The van der Waals surface area contributed by atoms with Crippen LogP contribution in [0.15, 0.2) is 46.9 Å². The zero-order valence-corrected chi connectivity index (χ0v) is 18.8. The zero-order chi connectivity index (χ0) is 21.3. The van der Waals surface area contributed by atoms with Gasteiger partial charge in [-0.1, -0.05) is 33.6 Å². The van der Waals surface area contributed by atoms with Gasteiger partial charge in [0.25, 0.3) is 5.91 Å². The van der Waals surface area contributed by atoms with Crippen molar-refractivity contribution in [1.29, 1.82) is 0 Å². The summed E-state index contributed by atoms with van der Waals surface area (Å²) in [6, 6.07) is 12.1. The topological polar surface area (TPSA) is 40.6 Å². The Labute approximate surface area is 189 Å². The Morgan fingerprint density at radius 2 is 1.73 bits per heavy atom. The van der Waals surface area contributed by atoms with Crippen molar-refractivity contribution in [2.24, 2.45) is 5.92 Å². The highest BCUT2D eigenvalue weighted by molar-refractivity contribution is 9.10. The molecule has 2 fully saturated rings. The maximum Gasteiger partial charge on any atom is 0.253 e. The van der Waals surface area contributed by atoms with Crippen LogP contribution in [0.3, 0.4) is 0 Å². The molecule has 158 valence electrons. The summed E-state index contributed by atoms with van der Waals surface area (Å²) in [4.78, 5) is 29.6. The van der Waals surface area contributed by atoms with Gasteiger partial charge in [0, 0.05) is 45.7 Å². The van der Waals surface area contributed by atoms with Crippen LogP contribution in [0, 0.1) is 11.7 Å². The van der Waals surface area contributed by atoms with Crippen molar-refractivity contribution in [3.63, 3.8) is 0 Å². The van der Waals surface area contributed by atoms with Gasteiger partial charge in [0.2, 0.25) is 5.91 Å². The van der Waals surface area contributed by atoms with Gasteiger partial charge < -0.3 is 9.80 Å². The van der Waals surface area contributed by atoms with Crippen LogP contribution in [0.1, 0.15) is 41.6 Å². The first-order valence-corrected chi connectivity index (χ1v) is 11.4. The molecular weight excluding hydrogens is 471 g/mol. The third-order valence-corrected chi connectivity index (χ3v) is 6.77. The molecule has 0 aromatic heterocycles. The number of carbonyl (C=O) groups excluding carboxylic acids is 2. The first-order valence-electron chi connectivity index (χ1n) is 10.2. The van der Waals surface area contributed by atoms with E-state index in [9.17, 15) is 14.0 Å². The highest BCUT2D eigenvalue weighted by Gasteiger charge is 2.38.